The average molecular weight is 395 g/mol. The largest absolute Gasteiger partial charge is 0.493 e. The second-order valence-corrected chi connectivity index (χ2v) is 7.19. The molecule has 0 radical (unpaired) electrons. The SMILES string of the molecule is CCOc1ccccc1/C=C/C(=O)N[C@H](CN1CCOCC1)c1ccc(C)cc1. The van der Waals surface area contributed by atoms with E-state index in [1.807, 2.05) is 31.2 Å². The summed E-state index contributed by atoms with van der Waals surface area (Å²) < 4.78 is 11.1. The highest BCUT2D eigenvalue weighted by molar-refractivity contribution is 5.92. The molecule has 0 saturated carbocycles. The van der Waals surface area contributed by atoms with E-state index >= 15 is 0 Å². The number of aryl methyl sites for hydroxylation is 1. The molecule has 2 aromatic carbocycles. The minimum Gasteiger partial charge on any atom is -0.493 e. The molecule has 5 nitrogen and oxygen atoms in total. The van der Waals surface area contributed by atoms with Gasteiger partial charge in [-0.25, -0.2) is 0 Å². The lowest BCUT2D eigenvalue weighted by Gasteiger charge is -2.31. The molecule has 5 heteroatoms. The molecule has 154 valence electrons. The first-order valence-corrected chi connectivity index (χ1v) is 10.2. The average Bonchev–Trinajstić information content (AvgIpc) is 2.74. The van der Waals surface area contributed by atoms with Crippen LogP contribution in [0.5, 0.6) is 5.75 Å². The van der Waals surface area contributed by atoms with Gasteiger partial charge in [-0.15, -0.1) is 0 Å². The molecule has 3 rings (SSSR count). The molecule has 0 unspecified atom stereocenters. The van der Waals surface area contributed by atoms with Crippen molar-refractivity contribution in [2.45, 2.75) is 19.9 Å². The van der Waals surface area contributed by atoms with Gasteiger partial charge >= 0.3 is 0 Å². The van der Waals surface area contributed by atoms with Crippen molar-refractivity contribution in [3.63, 3.8) is 0 Å². The van der Waals surface area contributed by atoms with E-state index in [-0.39, 0.29) is 11.9 Å². The Kier molecular flexibility index (Phi) is 7.85. The molecule has 0 bridgehead atoms. The summed E-state index contributed by atoms with van der Waals surface area (Å²) in [5, 5.41) is 3.17. The first kappa shape index (κ1) is 21.1. The Morgan fingerprint density at radius 1 is 1.17 bits per heavy atom. The Hall–Kier alpha value is -2.63. The van der Waals surface area contributed by atoms with E-state index in [0.717, 1.165) is 49.7 Å². The van der Waals surface area contributed by atoms with E-state index in [1.54, 1.807) is 12.2 Å². The molecule has 0 aromatic heterocycles. The Labute approximate surface area is 173 Å². The van der Waals surface area contributed by atoms with Gasteiger partial charge in [-0.1, -0.05) is 48.0 Å². The van der Waals surface area contributed by atoms with Crippen LogP contribution < -0.4 is 10.1 Å². The second kappa shape index (κ2) is 10.8. The van der Waals surface area contributed by atoms with E-state index in [4.69, 9.17) is 9.47 Å². The molecule has 1 aliphatic heterocycles. The molecular formula is C24H30N2O3. The van der Waals surface area contributed by atoms with Crippen LogP contribution in [0.3, 0.4) is 0 Å². The van der Waals surface area contributed by atoms with Crippen LogP contribution in [0.15, 0.2) is 54.6 Å². The summed E-state index contributed by atoms with van der Waals surface area (Å²) >= 11 is 0. The first-order chi connectivity index (χ1) is 14.2. The molecule has 0 spiro atoms. The van der Waals surface area contributed by atoms with Gasteiger partial charge in [-0.2, -0.15) is 0 Å². The molecule has 0 aliphatic carbocycles. The zero-order valence-corrected chi connectivity index (χ0v) is 17.3. The maximum atomic E-state index is 12.7. The smallest absolute Gasteiger partial charge is 0.244 e. The number of rotatable bonds is 8. The summed E-state index contributed by atoms with van der Waals surface area (Å²) in [4.78, 5) is 15.0. The molecule has 1 fully saturated rings. The Morgan fingerprint density at radius 3 is 2.62 bits per heavy atom. The summed E-state index contributed by atoms with van der Waals surface area (Å²) in [6, 6.07) is 16.0. The highest BCUT2D eigenvalue weighted by Crippen LogP contribution is 2.20. The molecule has 1 heterocycles. The van der Waals surface area contributed by atoms with Crippen molar-refractivity contribution in [1.29, 1.82) is 0 Å². The third-order valence-corrected chi connectivity index (χ3v) is 4.97. The number of hydrogen-bond donors (Lipinski definition) is 1. The van der Waals surface area contributed by atoms with Gasteiger partial charge in [0.05, 0.1) is 25.9 Å². The number of morpholine rings is 1. The van der Waals surface area contributed by atoms with Gasteiger partial charge in [-0.05, 0) is 31.6 Å². The Balaban J connectivity index is 1.70. The molecule has 1 saturated heterocycles. The number of carbonyl (C=O) groups excluding carboxylic acids is 1. The third-order valence-electron chi connectivity index (χ3n) is 4.97. The second-order valence-electron chi connectivity index (χ2n) is 7.19. The number of nitrogens with one attached hydrogen (secondary N) is 1. The fraction of sp³-hybridized carbons (Fsp3) is 0.375. The van der Waals surface area contributed by atoms with Crippen molar-refractivity contribution in [3.8, 4) is 5.75 Å². The quantitative estimate of drug-likeness (QED) is 0.695. The summed E-state index contributed by atoms with van der Waals surface area (Å²) in [7, 11) is 0. The third kappa shape index (κ3) is 6.44. The van der Waals surface area contributed by atoms with Crippen molar-refractivity contribution in [2.75, 3.05) is 39.5 Å². The van der Waals surface area contributed by atoms with E-state index < -0.39 is 0 Å². The summed E-state index contributed by atoms with van der Waals surface area (Å²) in [5.41, 5.74) is 3.21. The Bertz CT molecular complexity index is 811. The van der Waals surface area contributed by atoms with Crippen LogP contribution in [-0.2, 0) is 9.53 Å². The van der Waals surface area contributed by atoms with Crippen molar-refractivity contribution < 1.29 is 14.3 Å². The van der Waals surface area contributed by atoms with Gasteiger partial charge in [0.25, 0.3) is 0 Å². The standard InChI is InChI=1S/C24H30N2O3/c1-3-29-23-7-5-4-6-21(23)12-13-24(27)25-22(18-26-14-16-28-17-15-26)20-10-8-19(2)9-11-20/h4-13,22H,3,14-18H2,1-2H3,(H,25,27)/b13-12+/t22-/m1/s1. The van der Waals surface area contributed by atoms with E-state index in [2.05, 4.69) is 41.4 Å². The van der Waals surface area contributed by atoms with Crippen molar-refractivity contribution in [2.24, 2.45) is 0 Å². The zero-order valence-electron chi connectivity index (χ0n) is 17.3. The van der Waals surface area contributed by atoms with Crippen molar-refractivity contribution >= 4 is 12.0 Å². The number of carbonyl (C=O) groups is 1. The van der Waals surface area contributed by atoms with E-state index in [1.165, 1.54) is 5.56 Å². The highest BCUT2D eigenvalue weighted by Gasteiger charge is 2.19. The predicted molar refractivity (Wildman–Crippen MR) is 116 cm³/mol. The van der Waals surface area contributed by atoms with Crippen LogP contribution in [0.1, 0.15) is 29.7 Å². The first-order valence-electron chi connectivity index (χ1n) is 10.2. The van der Waals surface area contributed by atoms with Crippen LogP contribution in [0.4, 0.5) is 0 Å². The minimum atomic E-state index is -0.116. The fourth-order valence-electron chi connectivity index (χ4n) is 3.37. The van der Waals surface area contributed by atoms with Gasteiger partial charge in [0.15, 0.2) is 0 Å². The van der Waals surface area contributed by atoms with Crippen LogP contribution in [-0.4, -0.2) is 50.3 Å². The van der Waals surface area contributed by atoms with E-state index in [9.17, 15) is 4.79 Å². The van der Waals surface area contributed by atoms with Crippen LogP contribution in [0.25, 0.3) is 6.08 Å². The number of para-hydroxylation sites is 1. The monoisotopic (exact) mass is 394 g/mol. The number of nitrogens with zero attached hydrogens (tertiary/aromatic N) is 1. The lowest BCUT2D eigenvalue weighted by molar-refractivity contribution is -0.117. The van der Waals surface area contributed by atoms with Crippen LogP contribution in [0.2, 0.25) is 0 Å². The molecule has 2 aromatic rings. The molecular weight excluding hydrogens is 364 g/mol. The lowest BCUT2D eigenvalue weighted by atomic mass is 10.0. The number of hydrogen-bond acceptors (Lipinski definition) is 4. The molecule has 1 atom stereocenters. The predicted octanol–water partition coefficient (Wildman–Crippen LogP) is 3.60. The molecule has 29 heavy (non-hydrogen) atoms. The maximum absolute atomic E-state index is 12.7. The number of amides is 1. The summed E-state index contributed by atoms with van der Waals surface area (Å²) in [6.07, 6.45) is 3.39. The summed E-state index contributed by atoms with van der Waals surface area (Å²) in [5.74, 6) is 0.664. The zero-order chi connectivity index (χ0) is 20.5. The van der Waals surface area contributed by atoms with Gasteiger partial charge in [0.2, 0.25) is 5.91 Å². The normalized spacial score (nSPS) is 15.9. The van der Waals surface area contributed by atoms with Gasteiger partial charge in [-0.3, -0.25) is 9.69 Å². The maximum Gasteiger partial charge on any atom is 0.244 e. The van der Waals surface area contributed by atoms with Crippen molar-refractivity contribution in [1.82, 2.24) is 10.2 Å². The summed E-state index contributed by atoms with van der Waals surface area (Å²) in [6.45, 7) is 8.62. The molecule has 1 N–H and O–H groups in total. The number of benzene rings is 2. The van der Waals surface area contributed by atoms with Crippen LogP contribution >= 0.6 is 0 Å². The Morgan fingerprint density at radius 2 is 1.90 bits per heavy atom. The molecule has 1 aliphatic rings. The van der Waals surface area contributed by atoms with Crippen LogP contribution in [0, 0.1) is 6.92 Å². The van der Waals surface area contributed by atoms with Crippen molar-refractivity contribution in [3.05, 3.63) is 71.3 Å². The number of ether oxygens (including phenoxy) is 2. The topological polar surface area (TPSA) is 50.8 Å². The highest BCUT2D eigenvalue weighted by atomic mass is 16.5. The van der Waals surface area contributed by atoms with Gasteiger partial charge in [0, 0.05) is 31.3 Å². The molecule has 1 amide bonds. The lowest BCUT2D eigenvalue weighted by Crippen LogP contribution is -2.42. The fourth-order valence-corrected chi connectivity index (χ4v) is 3.37. The van der Waals surface area contributed by atoms with E-state index in [0.29, 0.717) is 6.61 Å². The van der Waals surface area contributed by atoms with Gasteiger partial charge in [0.1, 0.15) is 5.75 Å². The van der Waals surface area contributed by atoms with Gasteiger partial charge < -0.3 is 14.8 Å². The minimum absolute atomic E-state index is 0.0759.